The van der Waals surface area contributed by atoms with Crippen LogP contribution in [0.15, 0.2) is 18.2 Å². The third kappa shape index (κ3) is 4.11. The van der Waals surface area contributed by atoms with E-state index < -0.39 is 0 Å². The van der Waals surface area contributed by atoms with E-state index in [0.29, 0.717) is 30.3 Å². The van der Waals surface area contributed by atoms with Gasteiger partial charge in [-0.2, -0.15) is 0 Å². The van der Waals surface area contributed by atoms with E-state index in [1.54, 1.807) is 18.2 Å². The van der Waals surface area contributed by atoms with Crippen molar-refractivity contribution in [3.05, 3.63) is 23.8 Å². The van der Waals surface area contributed by atoms with Crippen LogP contribution in [-0.4, -0.2) is 25.0 Å². The summed E-state index contributed by atoms with van der Waals surface area (Å²) < 4.78 is 10.9. The van der Waals surface area contributed by atoms with Crippen molar-refractivity contribution in [1.29, 1.82) is 0 Å². The third-order valence-corrected chi connectivity index (χ3v) is 3.05. The number of carbonyl (C=O) groups excluding carboxylic acids is 2. The number of nitrogens with one attached hydrogen (secondary N) is 2. The van der Waals surface area contributed by atoms with Gasteiger partial charge in [0.25, 0.3) is 5.91 Å². The molecule has 0 heterocycles. The Labute approximate surface area is 123 Å². The number of amides is 2. The average molecular weight is 292 g/mol. The molecule has 2 rings (SSSR count). The van der Waals surface area contributed by atoms with Crippen LogP contribution in [0.25, 0.3) is 0 Å². The van der Waals surface area contributed by atoms with Crippen molar-refractivity contribution in [2.45, 2.75) is 26.7 Å². The Morgan fingerprint density at radius 3 is 2.38 bits per heavy atom. The second kappa shape index (κ2) is 6.97. The van der Waals surface area contributed by atoms with E-state index in [1.807, 2.05) is 13.8 Å². The van der Waals surface area contributed by atoms with Crippen molar-refractivity contribution in [2.24, 2.45) is 5.92 Å². The zero-order chi connectivity index (χ0) is 15.2. The second-order valence-electron chi connectivity index (χ2n) is 4.75. The first-order valence-corrected chi connectivity index (χ1v) is 7.15. The Bertz CT molecular complexity index is 526. The first-order valence-electron chi connectivity index (χ1n) is 7.15. The topological polar surface area (TPSA) is 76.7 Å². The molecule has 1 aliphatic carbocycles. The Hall–Kier alpha value is -2.24. The molecule has 114 valence electrons. The molecular formula is C15H20N2O4. The number of hydrogen-bond donors (Lipinski definition) is 2. The number of rotatable bonds is 6. The lowest BCUT2D eigenvalue weighted by Crippen LogP contribution is -2.42. The maximum absolute atomic E-state index is 12.0. The van der Waals surface area contributed by atoms with Gasteiger partial charge in [0.15, 0.2) is 11.5 Å². The van der Waals surface area contributed by atoms with Crippen LogP contribution in [0.1, 0.15) is 37.0 Å². The largest absolute Gasteiger partial charge is 0.490 e. The van der Waals surface area contributed by atoms with Crippen molar-refractivity contribution in [3.8, 4) is 11.5 Å². The summed E-state index contributed by atoms with van der Waals surface area (Å²) in [5, 5.41) is 0. The predicted octanol–water partition coefficient (Wildman–Crippen LogP) is 1.65. The summed E-state index contributed by atoms with van der Waals surface area (Å²) in [5.41, 5.74) is 5.23. The molecule has 0 aliphatic heterocycles. The summed E-state index contributed by atoms with van der Waals surface area (Å²) in [6.07, 6.45) is 1.78. The SMILES string of the molecule is CCOc1ccc(C(=O)NNC(=O)C2CC2)cc1OCC. The van der Waals surface area contributed by atoms with E-state index in [1.165, 1.54) is 0 Å². The van der Waals surface area contributed by atoms with Crippen molar-refractivity contribution in [3.63, 3.8) is 0 Å². The minimum Gasteiger partial charge on any atom is -0.490 e. The summed E-state index contributed by atoms with van der Waals surface area (Å²) in [6.45, 7) is 4.73. The molecule has 1 fully saturated rings. The molecule has 0 bridgehead atoms. The van der Waals surface area contributed by atoms with Gasteiger partial charge in [0.2, 0.25) is 5.91 Å². The minimum absolute atomic E-state index is 0.0459. The van der Waals surface area contributed by atoms with Crippen LogP contribution in [0.5, 0.6) is 11.5 Å². The second-order valence-corrected chi connectivity index (χ2v) is 4.75. The van der Waals surface area contributed by atoms with E-state index in [2.05, 4.69) is 10.9 Å². The predicted molar refractivity (Wildman–Crippen MR) is 77.1 cm³/mol. The molecule has 6 heteroatoms. The summed E-state index contributed by atoms with van der Waals surface area (Å²) in [7, 11) is 0. The molecule has 0 unspecified atom stereocenters. The minimum atomic E-state index is -0.381. The fourth-order valence-electron chi connectivity index (χ4n) is 1.83. The van der Waals surface area contributed by atoms with Crippen LogP contribution in [0, 0.1) is 5.92 Å². The molecule has 0 saturated heterocycles. The van der Waals surface area contributed by atoms with Gasteiger partial charge in [0, 0.05) is 11.5 Å². The smallest absolute Gasteiger partial charge is 0.269 e. The van der Waals surface area contributed by atoms with Crippen LogP contribution in [0.3, 0.4) is 0 Å². The lowest BCUT2D eigenvalue weighted by molar-refractivity contribution is -0.123. The Morgan fingerprint density at radius 2 is 1.76 bits per heavy atom. The van der Waals surface area contributed by atoms with Gasteiger partial charge in [-0.05, 0) is 44.9 Å². The van der Waals surface area contributed by atoms with Gasteiger partial charge in [0.05, 0.1) is 13.2 Å². The van der Waals surface area contributed by atoms with E-state index in [9.17, 15) is 9.59 Å². The Kier molecular flexibility index (Phi) is 5.03. The molecule has 0 spiro atoms. The maximum Gasteiger partial charge on any atom is 0.269 e. The fourth-order valence-corrected chi connectivity index (χ4v) is 1.83. The molecule has 21 heavy (non-hydrogen) atoms. The Morgan fingerprint density at radius 1 is 1.10 bits per heavy atom. The number of carbonyl (C=O) groups is 2. The summed E-state index contributed by atoms with van der Waals surface area (Å²) in [6, 6.07) is 4.92. The van der Waals surface area contributed by atoms with Crippen LogP contribution in [-0.2, 0) is 4.79 Å². The summed E-state index contributed by atoms with van der Waals surface area (Å²) in [5.74, 6) is 0.635. The number of ether oxygens (including phenoxy) is 2. The van der Waals surface area contributed by atoms with Crippen molar-refractivity contribution >= 4 is 11.8 Å². The summed E-state index contributed by atoms with van der Waals surface area (Å²) >= 11 is 0. The molecule has 1 aromatic rings. The van der Waals surface area contributed by atoms with Gasteiger partial charge in [-0.15, -0.1) is 0 Å². The van der Waals surface area contributed by atoms with Gasteiger partial charge in [0.1, 0.15) is 0 Å². The van der Waals surface area contributed by atoms with E-state index in [0.717, 1.165) is 12.8 Å². The van der Waals surface area contributed by atoms with Crippen molar-refractivity contribution < 1.29 is 19.1 Å². The van der Waals surface area contributed by atoms with E-state index >= 15 is 0 Å². The fraction of sp³-hybridized carbons (Fsp3) is 0.467. The van der Waals surface area contributed by atoms with E-state index in [4.69, 9.17) is 9.47 Å². The number of benzene rings is 1. The van der Waals surface area contributed by atoms with E-state index in [-0.39, 0.29) is 17.7 Å². The van der Waals surface area contributed by atoms with Gasteiger partial charge in [-0.1, -0.05) is 0 Å². The maximum atomic E-state index is 12.0. The molecular weight excluding hydrogens is 272 g/mol. The van der Waals surface area contributed by atoms with Gasteiger partial charge >= 0.3 is 0 Å². The first-order chi connectivity index (χ1) is 10.2. The summed E-state index contributed by atoms with van der Waals surface area (Å²) in [4.78, 5) is 23.5. The number of hydrogen-bond acceptors (Lipinski definition) is 4. The number of hydrazine groups is 1. The normalized spacial score (nSPS) is 13.4. The highest BCUT2D eigenvalue weighted by molar-refractivity contribution is 5.96. The monoisotopic (exact) mass is 292 g/mol. The molecule has 0 atom stereocenters. The molecule has 2 amide bonds. The molecule has 1 saturated carbocycles. The average Bonchev–Trinajstić information content (AvgIpc) is 3.31. The van der Waals surface area contributed by atoms with Crippen LogP contribution >= 0.6 is 0 Å². The standard InChI is InChI=1S/C15H20N2O4/c1-3-20-12-8-7-11(9-13(12)21-4-2)15(19)17-16-14(18)10-5-6-10/h7-10H,3-6H2,1-2H3,(H,16,18)(H,17,19). The van der Waals surface area contributed by atoms with Crippen LogP contribution < -0.4 is 20.3 Å². The third-order valence-electron chi connectivity index (χ3n) is 3.05. The van der Waals surface area contributed by atoms with Crippen LogP contribution in [0.2, 0.25) is 0 Å². The van der Waals surface area contributed by atoms with Crippen molar-refractivity contribution in [2.75, 3.05) is 13.2 Å². The molecule has 2 N–H and O–H groups in total. The quantitative estimate of drug-likeness (QED) is 0.782. The highest BCUT2D eigenvalue weighted by Gasteiger charge is 2.29. The zero-order valence-corrected chi connectivity index (χ0v) is 12.3. The van der Waals surface area contributed by atoms with Gasteiger partial charge in [-0.3, -0.25) is 20.4 Å². The van der Waals surface area contributed by atoms with Crippen LogP contribution in [0.4, 0.5) is 0 Å². The first kappa shape index (κ1) is 15.2. The van der Waals surface area contributed by atoms with Crippen molar-refractivity contribution in [1.82, 2.24) is 10.9 Å². The lowest BCUT2D eigenvalue weighted by atomic mass is 10.2. The highest BCUT2D eigenvalue weighted by atomic mass is 16.5. The Balaban J connectivity index is 2.01. The lowest BCUT2D eigenvalue weighted by Gasteiger charge is -2.12. The molecule has 0 radical (unpaired) electrons. The molecule has 1 aromatic carbocycles. The highest BCUT2D eigenvalue weighted by Crippen LogP contribution is 2.29. The zero-order valence-electron chi connectivity index (χ0n) is 12.3. The molecule has 0 aromatic heterocycles. The van der Waals surface area contributed by atoms with Gasteiger partial charge < -0.3 is 9.47 Å². The van der Waals surface area contributed by atoms with Gasteiger partial charge in [-0.25, -0.2) is 0 Å². The molecule has 6 nitrogen and oxygen atoms in total. The molecule has 1 aliphatic rings.